The minimum atomic E-state index is -0.896. The van der Waals surface area contributed by atoms with E-state index in [0.717, 1.165) is 22.8 Å². The maximum absolute atomic E-state index is 14.2. The highest BCUT2D eigenvalue weighted by Gasteiger charge is 2.37. The molecule has 2 N–H and O–H groups in total. The number of hydrogen-bond donors (Lipinski definition) is 2. The first-order chi connectivity index (χ1) is 18.9. The highest BCUT2D eigenvalue weighted by atomic mass is 16.6. The molecule has 0 saturated carbocycles. The van der Waals surface area contributed by atoms with Crippen LogP contribution in [0.1, 0.15) is 71.6 Å². The van der Waals surface area contributed by atoms with E-state index in [4.69, 9.17) is 4.74 Å². The van der Waals surface area contributed by atoms with Gasteiger partial charge in [0, 0.05) is 12.2 Å². The van der Waals surface area contributed by atoms with E-state index in [1.807, 2.05) is 94.4 Å². The number of fused-ring (bicyclic) bond motifs is 1. The predicted molar refractivity (Wildman–Crippen MR) is 161 cm³/mol. The van der Waals surface area contributed by atoms with Crippen molar-refractivity contribution in [2.75, 3.05) is 11.9 Å². The third-order valence-electron chi connectivity index (χ3n) is 6.61. The van der Waals surface area contributed by atoms with E-state index < -0.39 is 23.8 Å². The fourth-order valence-electron chi connectivity index (χ4n) is 4.52. The first-order valence-electron chi connectivity index (χ1n) is 14.1. The highest BCUT2D eigenvalue weighted by Crippen LogP contribution is 2.27. The predicted octanol–water partition coefficient (Wildman–Crippen LogP) is 7.01. The van der Waals surface area contributed by atoms with Crippen LogP contribution >= 0.6 is 0 Å². The second-order valence-corrected chi connectivity index (χ2v) is 11.6. The van der Waals surface area contributed by atoms with Crippen LogP contribution in [-0.2, 0) is 14.3 Å². The van der Waals surface area contributed by atoms with E-state index in [1.165, 1.54) is 0 Å². The van der Waals surface area contributed by atoms with Crippen molar-refractivity contribution < 1.29 is 19.1 Å². The molecule has 3 amide bonds. The van der Waals surface area contributed by atoms with Gasteiger partial charge in [-0.15, -0.1) is 0 Å². The molecule has 40 heavy (non-hydrogen) atoms. The van der Waals surface area contributed by atoms with Crippen LogP contribution in [0, 0.1) is 12.8 Å². The largest absolute Gasteiger partial charge is 0.444 e. The van der Waals surface area contributed by atoms with Crippen LogP contribution in [0.3, 0.4) is 0 Å². The van der Waals surface area contributed by atoms with Crippen molar-refractivity contribution in [2.24, 2.45) is 5.92 Å². The van der Waals surface area contributed by atoms with Gasteiger partial charge in [0.2, 0.25) is 5.91 Å². The molecular formula is C33H43N3O4. The third-order valence-corrected chi connectivity index (χ3v) is 6.61. The smallest absolute Gasteiger partial charge is 0.408 e. The lowest BCUT2D eigenvalue weighted by molar-refractivity contribution is -0.141. The minimum Gasteiger partial charge on any atom is -0.444 e. The van der Waals surface area contributed by atoms with Crippen LogP contribution in [0.4, 0.5) is 10.5 Å². The van der Waals surface area contributed by atoms with Gasteiger partial charge in [0.15, 0.2) is 0 Å². The molecular weight excluding hydrogens is 502 g/mol. The number of hydrogen-bond acceptors (Lipinski definition) is 4. The summed E-state index contributed by atoms with van der Waals surface area (Å²) in [7, 11) is 0. The van der Waals surface area contributed by atoms with Crippen molar-refractivity contribution in [3.05, 3.63) is 77.9 Å². The number of unbranched alkanes of at least 4 members (excludes halogenated alkanes) is 1. The molecule has 0 aliphatic carbocycles. The minimum absolute atomic E-state index is 0.230. The molecule has 0 radical (unpaired) electrons. The maximum atomic E-state index is 14.2. The summed E-state index contributed by atoms with van der Waals surface area (Å²) in [6.45, 7) is 13.4. The van der Waals surface area contributed by atoms with Gasteiger partial charge >= 0.3 is 6.09 Å². The van der Waals surface area contributed by atoms with Crippen molar-refractivity contribution >= 4 is 34.4 Å². The number of benzene rings is 3. The Morgan fingerprint density at radius 1 is 0.925 bits per heavy atom. The van der Waals surface area contributed by atoms with Gasteiger partial charge in [-0.05, 0) is 68.5 Å². The number of nitrogens with zero attached hydrogens (tertiary/aromatic N) is 1. The molecule has 3 rings (SSSR count). The van der Waals surface area contributed by atoms with Crippen LogP contribution in [0.15, 0.2) is 66.7 Å². The summed E-state index contributed by atoms with van der Waals surface area (Å²) in [5, 5.41) is 7.90. The Labute approximate surface area is 238 Å². The fraction of sp³-hybridized carbons (Fsp3) is 0.424. The molecule has 2 atom stereocenters. The Balaban J connectivity index is 2.00. The Morgan fingerprint density at radius 3 is 2.17 bits per heavy atom. The van der Waals surface area contributed by atoms with Gasteiger partial charge < -0.3 is 20.3 Å². The van der Waals surface area contributed by atoms with Gasteiger partial charge in [0.25, 0.3) is 5.91 Å². The molecule has 7 nitrogen and oxygen atoms in total. The molecule has 7 heteroatoms. The average molecular weight is 546 g/mol. The summed E-state index contributed by atoms with van der Waals surface area (Å²) in [5.41, 5.74) is 1.69. The molecule has 0 aliphatic rings. The monoisotopic (exact) mass is 545 g/mol. The molecule has 0 aromatic heterocycles. The SMILES string of the molecule is CCCCN(C(=O)C(NC(=O)OC(C)(C)C)C(C)C)C(C(=O)Nc1ccc2ccccc2c1)c1ccc(C)cc1. The van der Waals surface area contributed by atoms with E-state index in [9.17, 15) is 14.4 Å². The van der Waals surface area contributed by atoms with Crippen molar-refractivity contribution in [2.45, 2.75) is 79.0 Å². The normalized spacial score (nSPS) is 13.0. The van der Waals surface area contributed by atoms with E-state index in [-0.39, 0.29) is 17.7 Å². The molecule has 0 spiro atoms. The van der Waals surface area contributed by atoms with E-state index in [1.54, 1.807) is 25.7 Å². The summed E-state index contributed by atoms with van der Waals surface area (Å²) < 4.78 is 5.45. The zero-order chi connectivity index (χ0) is 29.4. The van der Waals surface area contributed by atoms with Crippen LogP contribution in [0.5, 0.6) is 0 Å². The topological polar surface area (TPSA) is 87.7 Å². The summed E-state index contributed by atoms with van der Waals surface area (Å²) in [5.74, 6) is -0.872. The molecule has 2 unspecified atom stereocenters. The first kappa shape index (κ1) is 30.7. The number of rotatable bonds is 10. The maximum Gasteiger partial charge on any atom is 0.408 e. The summed E-state index contributed by atoms with van der Waals surface area (Å²) in [6.07, 6.45) is 0.874. The van der Waals surface area contributed by atoms with Gasteiger partial charge in [-0.3, -0.25) is 9.59 Å². The van der Waals surface area contributed by atoms with Gasteiger partial charge in [0.05, 0.1) is 0 Å². The Hall–Kier alpha value is -3.87. The summed E-state index contributed by atoms with van der Waals surface area (Å²) in [4.78, 5) is 42.5. The van der Waals surface area contributed by atoms with Crippen LogP contribution < -0.4 is 10.6 Å². The van der Waals surface area contributed by atoms with E-state index >= 15 is 0 Å². The molecule has 0 fully saturated rings. The van der Waals surface area contributed by atoms with Gasteiger partial charge in [-0.1, -0.05) is 87.4 Å². The number of carbonyl (C=O) groups is 3. The van der Waals surface area contributed by atoms with Crippen LogP contribution in [0.2, 0.25) is 0 Å². The van der Waals surface area contributed by atoms with Crippen molar-refractivity contribution in [1.82, 2.24) is 10.2 Å². The van der Waals surface area contributed by atoms with Crippen LogP contribution in [0.25, 0.3) is 10.8 Å². The lowest BCUT2D eigenvalue weighted by atomic mass is 9.97. The van der Waals surface area contributed by atoms with Gasteiger partial charge in [-0.25, -0.2) is 4.79 Å². The standard InChI is InChI=1S/C33H43N3O4/c1-8-9-20-36(31(38)28(22(2)3)35-32(39)40-33(5,6)7)29(25-16-14-23(4)15-17-25)30(37)34-27-19-18-24-12-10-11-13-26(24)21-27/h10-19,21-22,28-29H,8-9,20H2,1-7H3,(H,34,37)(H,35,39). The molecule has 3 aromatic carbocycles. The number of ether oxygens (including phenoxy) is 1. The van der Waals surface area contributed by atoms with E-state index in [0.29, 0.717) is 24.2 Å². The number of aryl methyl sites for hydroxylation is 1. The van der Waals surface area contributed by atoms with Gasteiger partial charge in [-0.2, -0.15) is 0 Å². The number of anilines is 1. The molecule has 0 bridgehead atoms. The quantitative estimate of drug-likeness (QED) is 0.287. The van der Waals surface area contributed by atoms with Crippen molar-refractivity contribution in [3.8, 4) is 0 Å². The second kappa shape index (κ2) is 13.5. The fourth-order valence-corrected chi connectivity index (χ4v) is 4.52. The Morgan fingerprint density at radius 2 is 1.57 bits per heavy atom. The van der Waals surface area contributed by atoms with E-state index in [2.05, 4.69) is 10.6 Å². The second-order valence-electron chi connectivity index (χ2n) is 11.6. The number of carbonyl (C=O) groups excluding carboxylic acids is 3. The Kier molecular flexibility index (Phi) is 10.3. The molecule has 0 aliphatic heterocycles. The van der Waals surface area contributed by atoms with Crippen molar-refractivity contribution in [3.63, 3.8) is 0 Å². The Bertz CT molecular complexity index is 1310. The summed E-state index contributed by atoms with van der Waals surface area (Å²) in [6, 6.07) is 19.6. The zero-order valence-electron chi connectivity index (χ0n) is 24.8. The number of nitrogens with one attached hydrogen (secondary N) is 2. The molecule has 0 saturated heterocycles. The lowest BCUT2D eigenvalue weighted by Crippen LogP contribution is -2.54. The number of alkyl carbamates (subject to hydrolysis) is 1. The average Bonchev–Trinajstić information content (AvgIpc) is 2.88. The summed E-state index contributed by atoms with van der Waals surface area (Å²) >= 11 is 0. The first-order valence-corrected chi connectivity index (χ1v) is 14.1. The molecule has 0 heterocycles. The van der Waals surface area contributed by atoms with Gasteiger partial charge in [0.1, 0.15) is 17.7 Å². The lowest BCUT2D eigenvalue weighted by Gasteiger charge is -2.35. The number of amides is 3. The van der Waals surface area contributed by atoms with Crippen molar-refractivity contribution in [1.29, 1.82) is 0 Å². The third kappa shape index (κ3) is 8.31. The molecule has 214 valence electrons. The zero-order valence-corrected chi connectivity index (χ0v) is 24.8. The van der Waals surface area contributed by atoms with Crippen LogP contribution in [-0.4, -0.2) is 41.0 Å². The molecule has 3 aromatic rings. The highest BCUT2D eigenvalue weighted by molar-refractivity contribution is 6.00.